The van der Waals surface area contributed by atoms with Crippen LogP contribution in [0.5, 0.6) is 0 Å². The predicted octanol–water partition coefficient (Wildman–Crippen LogP) is 2.40. The molecule has 0 spiro atoms. The minimum atomic E-state index is -0.523. The minimum absolute atomic E-state index is 0.158. The van der Waals surface area contributed by atoms with Crippen molar-refractivity contribution in [2.45, 2.75) is 33.7 Å². The number of nitrogens with two attached hydrogens (primary N) is 1. The van der Waals surface area contributed by atoms with Gasteiger partial charge < -0.3 is 14.7 Å². The molecule has 3 rings (SSSR count). The van der Waals surface area contributed by atoms with Gasteiger partial charge in [0.05, 0.1) is 16.7 Å². The predicted molar refractivity (Wildman–Crippen MR) is 92.5 cm³/mol. The molecule has 0 aliphatic rings. The molecule has 3 N–H and O–H groups in total. The summed E-state index contributed by atoms with van der Waals surface area (Å²) in [4.78, 5) is 32.4. The normalized spacial score (nSPS) is 11.0. The van der Waals surface area contributed by atoms with Crippen LogP contribution in [0.25, 0.3) is 11.0 Å². The van der Waals surface area contributed by atoms with Crippen LogP contribution in [0, 0.1) is 13.8 Å². The van der Waals surface area contributed by atoms with Crippen LogP contribution in [0.1, 0.15) is 45.8 Å². The van der Waals surface area contributed by atoms with E-state index < -0.39 is 11.8 Å². The smallest absolute Gasteiger partial charge is 0.295 e. The SMILES string of the molecule is CCCn1c(NC(=O)c2oc(C)nc2C)nc2cc(C(N)=O)ccc21. The monoisotopic (exact) mass is 341 g/mol. The van der Waals surface area contributed by atoms with Crippen LogP contribution >= 0.6 is 0 Å². The third kappa shape index (κ3) is 3.10. The lowest BCUT2D eigenvalue weighted by atomic mass is 10.2. The van der Waals surface area contributed by atoms with Gasteiger partial charge in [0.1, 0.15) is 0 Å². The molecule has 25 heavy (non-hydrogen) atoms. The first-order chi connectivity index (χ1) is 11.9. The summed E-state index contributed by atoms with van der Waals surface area (Å²) in [7, 11) is 0. The number of rotatable bonds is 5. The molecule has 0 atom stereocenters. The number of oxazole rings is 1. The topological polar surface area (TPSA) is 116 Å². The van der Waals surface area contributed by atoms with Crippen LogP contribution in [0.4, 0.5) is 5.95 Å². The van der Waals surface area contributed by atoms with Crippen LogP contribution in [0.3, 0.4) is 0 Å². The molecule has 0 aliphatic heterocycles. The second-order valence-electron chi connectivity index (χ2n) is 5.76. The Labute approximate surface area is 144 Å². The summed E-state index contributed by atoms with van der Waals surface area (Å²) in [5.74, 6) is 0.0318. The number of benzene rings is 1. The first-order valence-electron chi connectivity index (χ1n) is 7.96. The fraction of sp³-hybridized carbons (Fsp3) is 0.294. The van der Waals surface area contributed by atoms with Gasteiger partial charge in [-0.15, -0.1) is 0 Å². The van der Waals surface area contributed by atoms with Crippen molar-refractivity contribution in [2.24, 2.45) is 5.73 Å². The van der Waals surface area contributed by atoms with E-state index in [2.05, 4.69) is 15.3 Å². The van der Waals surface area contributed by atoms with E-state index in [9.17, 15) is 9.59 Å². The van der Waals surface area contributed by atoms with Gasteiger partial charge in [0.15, 0.2) is 5.89 Å². The van der Waals surface area contributed by atoms with Crippen LogP contribution in [-0.2, 0) is 6.54 Å². The molecule has 0 aliphatic carbocycles. The van der Waals surface area contributed by atoms with E-state index in [1.165, 1.54) is 0 Å². The highest BCUT2D eigenvalue weighted by Crippen LogP contribution is 2.22. The average molecular weight is 341 g/mol. The quantitative estimate of drug-likeness (QED) is 0.739. The zero-order valence-electron chi connectivity index (χ0n) is 14.3. The Balaban J connectivity index is 2.02. The molecule has 0 fully saturated rings. The van der Waals surface area contributed by atoms with Gasteiger partial charge in [0.25, 0.3) is 5.91 Å². The van der Waals surface area contributed by atoms with E-state index in [-0.39, 0.29) is 5.76 Å². The van der Waals surface area contributed by atoms with Crippen LogP contribution in [-0.4, -0.2) is 26.3 Å². The number of nitrogens with zero attached hydrogens (tertiary/aromatic N) is 3. The van der Waals surface area contributed by atoms with Gasteiger partial charge in [-0.2, -0.15) is 0 Å². The Bertz CT molecular complexity index is 970. The summed E-state index contributed by atoms with van der Waals surface area (Å²) in [5, 5.41) is 2.77. The number of aryl methyl sites for hydroxylation is 3. The molecule has 0 radical (unpaired) electrons. The molecule has 0 saturated carbocycles. The number of hydrogen-bond donors (Lipinski definition) is 2. The lowest BCUT2D eigenvalue weighted by Crippen LogP contribution is -2.16. The average Bonchev–Trinajstić information content (AvgIpc) is 3.07. The number of nitrogens with one attached hydrogen (secondary N) is 1. The highest BCUT2D eigenvalue weighted by molar-refractivity contribution is 6.03. The van der Waals surface area contributed by atoms with E-state index in [1.807, 2.05) is 11.5 Å². The third-order valence-electron chi connectivity index (χ3n) is 3.82. The number of hydrogen-bond acceptors (Lipinski definition) is 5. The van der Waals surface area contributed by atoms with E-state index >= 15 is 0 Å². The second kappa shape index (κ2) is 6.39. The number of imidazole rings is 1. The Hall–Kier alpha value is -3.16. The first kappa shape index (κ1) is 16.7. The van der Waals surface area contributed by atoms with Gasteiger partial charge in [-0.25, -0.2) is 9.97 Å². The van der Waals surface area contributed by atoms with Crippen molar-refractivity contribution in [2.75, 3.05) is 5.32 Å². The molecule has 8 heteroatoms. The summed E-state index contributed by atoms with van der Waals surface area (Å²) >= 11 is 0. The minimum Gasteiger partial charge on any atom is -0.436 e. The highest BCUT2D eigenvalue weighted by atomic mass is 16.4. The van der Waals surface area contributed by atoms with Crippen molar-refractivity contribution in [1.29, 1.82) is 0 Å². The molecule has 2 amide bonds. The number of fused-ring (bicyclic) bond motifs is 1. The number of carbonyl (C=O) groups excluding carboxylic acids is 2. The highest BCUT2D eigenvalue weighted by Gasteiger charge is 2.20. The van der Waals surface area contributed by atoms with E-state index in [0.29, 0.717) is 35.2 Å². The fourth-order valence-electron chi connectivity index (χ4n) is 2.73. The molecule has 0 unspecified atom stereocenters. The molecule has 0 saturated heterocycles. The second-order valence-corrected chi connectivity index (χ2v) is 5.76. The van der Waals surface area contributed by atoms with Crippen LogP contribution in [0.2, 0.25) is 0 Å². The molecule has 130 valence electrons. The van der Waals surface area contributed by atoms with Crippen LogP contribution in [0.15, 0.2) is 22.6 Å². The van der Waals surface area contributed by atoms with Crippen molar-refractivity contribution in [3.63, 3.8) is 0 Å². The summed E-state index contributed by atoms with van der Waals surface area (Å²) < 4.78 is 7.24. The van der Waals surface area contributed by atoms with Gasteiger partial charge in [-0.05, 0) is 31.5 Å². The maximum atomic E-state index is 12.5. The molecule has 2 heterocycles. The molecular formula is C17H19N5O3. The Morgan fingerprint density at radius 3 is 2.64 bits per heavy atom. The van der Waals surface area contributed by atoms with Crippen molar-refractivity contribution < 1.29 is 14.0 Å². The van der Waals surface area contributed by atoms with E-state index in [4.69, 9.17) is 10.2 Å². The number of aromatic nitrogens is 3. The van der Waals surface area contributed by atoms with Gasteiger partial charge in [-0.3, -0.25) is 14.9 Å². The summed E-state index contributed by atoms with van der Waals surface area (Å²) in [6.07, 6.45) is 0.854. The number of primary amides is 1. The van der Waals surface area contributed by atoms with Crippen molar-refractivity contribution in [1.82, 2.24) is 14.5 Å². The number of carbonyl (C=O) groups is 2. The Kier molecular flexibility index (Phi) is 4.26. The van der Waals surface area contributed by atoms with Gasteiger partial charge in [-0.1, -0.05) is 6.92 Å². The molecule has 2 aromatic heterocycles. The largest absolute Gasteiger partial charge is 0.436 e. The third-order valence-corrected chi connectivity index (χ3v) is 3.82. The summed E-state index contributed by atoms with van der Waals surface area (Å²) in [5.41, 5.74) is 7.61. The maximum absolute atomic E-state index is 12.5. The summed E-state index contributed by atoms with van der Waals surface area (Å²) in [6.45, 7) is 6.08. The standard InChI is InChI=1S/C17H19N5O3/c1-4-7-22-13-6-5-11(15(18)23)8-12(13)20-17(22)21-16(24)14-9(2)19-10(3)25-14/h5-6,8H,4,7H2,1-3H3,(H2,18,23)(H,20,21,24). The van der Waals surface area contributed by atoms with Gasteiger partial charge >= 0.3 is 0 Å². The molecule has 0 bridgehead atoms. The van der Waals surface area contributed by atoms with E-state index in [0.717, 1.165) is 11.9 Å². The van der Waals surface area contributed by atoms with E-state index in [1.54, 1.807) is 32.0 Å². The number of anilines is 1. The molecule has 3 aromatic rings. The van der Waals surface area contributed by atoms with Crippen molar-refractivity contribution in [3.05, 3.63) is 41.1 Å². The number of amides is 2. The van der Waals surface area contributed by atoms with Gasteiger partial charge in [0, 0.05) is 19.0 Å². The molecular weight excluding hydrogens is 322 g/mol. The fourth-order valence-corrected chi connectivity index (χ4v) is 2.73. The Morgan fingerprint density at radius 2 is 2.04 bits per heavy atom. The maximum Gasteiger partial charge on any atom is 0.295 e. The van der Waals surface area contributed by atoms with Crippen LogP contribution < -0.4 is 11.1 Å². The zero-order chi connectivity index (χ0) is 18.1. The first-order valence-corrected chi connectivity index (χ1v) is 7.96. The van der Waals surface area contributed by atoms with Crippen molar-refractivity contribution in [3.8, 4) is 0 Å². The Morgan fingerprint density at radius 1 is 1.28 bits per heavy atom. The summed E-state index contributed by atoms with van der Waals surface area (Å²) in [6, 6.07) is 5.04. The molecule has 1 aromatic carbocycles. The zero-order valence-corrected chi connectivity index (χ0v) is 14.3. The lowest BCUT2D eigenvalue weighted by Gasteiger charge is -2.08. The lowest BCUT2D eigenvalue weighted by molar-refractivity contribution is 0.0988. The molecule has 8 nitrogen and oxygen atoms in total. The van der Waals surface area contributed by atoms with Crippen molar-refractivity contribution >= 4 is 28.8 Å². The van der Waals surface area contributed by atoms with Gasteiger partial charge in [0.2, 0.25) is 17.6 Å².